The molecule has 0 aliphatic carbocycles. The number of rotatable bonds is 5. The molecular weight excluding hydrogens is 363 g/mol. The molecule has 27 heavy (non-hydrogen) atoms. The summed E-state index contributed by atoms with van der Waals surface area (Å²) in [5, 5.41) is 16.7. The van der Waals surface area contributed by atoms with E-state index in [-0.39, 0.29) is 5.69 Å². The zero-order valence-electron chi connectivity index (χ0n) is 14.2. The minimum atomic E-state index is -5.08. The largest absolute Gasteiger partial charge is 0.425 e. The molecule has 0 aliphatic rings. The lowest BCUT2D eigenvalue weighted by atomic mass is 9.97. The number of halogens is 3. The van der Waals surface area contributed by atoms with E-state index in [0.717, 1.165) is 10.8 Å². The number of nitrogens with zero attached hydrogens (tertiary/aromatic N) is 4. The van der Waals surface area contributed by atoms with Crippen LogP contribution in [0.2, 0.25) is 0 Å². The van der Waals surface area contributed by atoms with Gasteiger partial charge in [-0.05, 0) is 24.3 Å². The van der Waals surface area contributed by atoms with Crippen LogP contribution in [-0.4, -0.2) is 36.5 Å². The zero-order valence-corrected chi connectivity index (χ0v) is 14.2. The summed E-state index contributed by atoms with van der Waals surface area (Å²) in [6, 6.07) is 8.14. The summed E-state index contributed by atoms with van der Waals surface area (Å²) >= 11 is 0. The predicted molar refractivity (Wildman–Crippen MR) is 90.0 cm³/mol. The molecule has 7 nitrogen and oxygen atoms in total. The summed E-state index contributed by atoms with van der Waals surface area (Å²) in [4.78, 5) is 15.8. The van der Waals surface area contributed by atoms with E-state index in [4.69, 9.17) is 0 Å². The molecule has 0 fully saturated rings. The highest BCUT2D eigenvalue weighted by molar-refractivity contribution is 5.91. The van der Waals surface area contributed by atoms with Crippen molar-refractivity contribution in [1.29, 1.82) is 0 Å². The van der Waals surface area contributed by atoms with Crippen LogP contribution >= 0.6 is 0 Å². The number of aryl methyl sites for hydroxylation is 1. The average Bonchev–Trinajstić information content (AvgIpc) is 3.25. The molecule has 142 valence electrons. The van der Waals surface area contributed by atoms with Gasteiger partial charge in [0.2, 0.25) is 11.5 Å². The Morgan fingerprint density at radius 2 is 2.00 bits per heavy atom. The van der Waals surface area contributed by atoms with Gasteiger partial charge in [0.05, 0.1) is 12.1 Å². The molecule has 2 heterocycles. The minimum absolute atomic E-state index is 0.275. The molecule has 0 bridgehead atoms. The molecule has 0 radical (unpaired) electrons. The van der Waals surface area contributed by atoms with Crippen LogP contribution in [-0.2, 0) is 17.4 Å². The number of carbonyl (C=O) groups is 1. The van der Waals surface area contributed by atoms with Crippen molar-refractivity contribution in [3.05, 3.63) is 60.9 Å². The van der Waals surface area contributed by atoms with E-state index in [1.54, 1.807) is 36.7 Å². The van der Waals surface area contributed by atoms with Crippen LogP contribution < -0.4 is 5.32 Å². The standard InChI is InChI=1S/C17H16F3N5O2/c1-24-9-7-21-15(24)16(27,17(18,19)20)11-14(26)23-12-4-2-5-13(10-12)25-8-3-6-22-25/h2-10,27H,11H2,1H3,(H,23,26)/t16-/m0/s1. The first-order valence-corrected chi connectivity index (χ1v) is 7.87. The lowest BCUT2D eigenvalue weighted by molar-refractivity contribution is -0.270. The Hall–Kier alpha value is -3.14. The van der Waals surface area contributed by atoms with Crippen molar-refractivity contribution in [2.24, 2.45) is 7.05 Å². The van der Waals surface area contributed by atoms with Gasteiger partial charge in [0.1, 0.15) is 0 Å². The maximum atomic E-state index is 13.5. The number of benzene rings is 1. The van der Waals surface area contributed by atoms with E-state index in [9.17, 15) is 23.1 Å². The molecule has 0 aliphatic heterocycles. The van der Waals surface area contributed by atoms with E-state index in [1.165, 1.54) is 24.0 Å². The third-order valence-corrected chi connectivity index (χ3v) is 3.98. The van der Waals surface area contributed by atoms with Crippen molar-refractivity contribution < 1.29 is 23.1 Å². The highest BCUT2D eigenvalue weighted by atomic mass is 19.4. The van der Waals surface area contributed by atoms with E-state index < -0.39 is 29.9 Å². The number of alkyl halides is 3. The molecule has 1 amide bonds. The second-order valence-electron chi connectivity index (χ2n) is 5.95. The Balaban J connectivity index is 1.82. The molecule has 0 saturated heterocycles. The van der Waals surface area contributed by atoms with Gasteiger partial charge in [-0.15, -0.1) is 0 Å². The van der Waals surface area contributed by atoms with Crippen LogP contribution in [0.3, 0.4) is 0 Å². The number of imidazole rings is 1. The second kappa shape index (κ2) is 6.88. The Morgan fingerprint density at radius 3 is 2.59 bits per heavy atom. The fourth-order valence-corrected chi connectivity index (χ4v) is 2.66. The van der Waals surface area contributed by atoms with Crippen molar-refractivity contribution in [2.45, 2.75) is 18.2 Å². The number of carbonyl (C=O) groups excluding carboxylic acids is 1. The number of aliphatic hydroxyl groups is 1. The molecular formula is C17H16F3N5O2. The summed E-state index contributed by atoms with van der Waals surface area (Å²) in [5.74, 6) is -1.66. The molecule has 0 unspecified atom stereocenters. The van der Waals surface area contributed by atoms with Crippen LogP contribution in [0.15, 0.2) is 55.1 Å². The van der Waals surface area contributed by atoms with Crippen molar-refractivity contribution >= 4 is 11.6 Å². The molecule has 2 aromatic heterocycles. The van der Waals surface area contributed by atoms with Gasteiger partial charge in [-0.1, -0.05) is 6.07 Å². The Kier molecular flexibility index (Phi) is 4.75. The van der Waals surface area contributed by atoms with Crippen LogP contribution in [0.1, 0.15) is 12.2 Å². The Morgan fingerprint density at radius 1 is 1.22 bits per heavy atom. The highest BCUT2D eigenvalue weighted by Gasteiger charge is 2.58. The van der Waals surface area contributed by atoms with Crippen LogP contribution in [0.5, 0.6) is 0 Å². The molecule has 2 N–H and O–H groups in total. The number of anilines is 1. The number of amides is 1. The summed E-state index contributed by atoms with van der Waals surface area (Å²) in [5.41, 5.74) is -2.51. The fraction of sp³-hybridized carbons (Fsp3) is 0.235. The Labute approximate surface area is 152 Å². The van der Waals surface area contributed by atoms with Crippen LogP contribution in [0, 0.1) is 0 Å². The maximum absolute atomic E-state index is 13.5. The number of hydrogen-bond acceptors (Lipinski definition) is 4. The lowest BCUT2D eigenvalue weighted by Crippen LogP contribution is -2.46. The lowest BCUT2D eigenvalue weighted by Gasteiger charge is -2.29. The zero-order chi connectivity index (χ0) is 19.7. The maximum Gasteiger partial charge on any atom is 0.425 e. The van der Waals surface area contributed by atoms with E-state index in [2.05, 4.69) is 15.4 Å². The first-order valence-electron chi connectivity index (χ1n) is 7.87. The SMILES string of the molecule is Cn1ccnc1[C@@](O)(CC(=O)Nc1cccc(-n2cccn2)c1)C(F)(F)F. The number of nitrogens with one attached hydrogen (secondary N) is 1. The average molecular weight is 379 g/mol. The normalized spacial score (nSPS) is 14.0. The summed E-state index contributed by atoms with van der Waals surface area (Å²) < 4.78 is 43.1. The fourth-order valence-electron chi connectivity index (χ4n) is 2.66. The summed E-state index contributed by atoms with van der Waals surface area (Å²) in [6.07, 6.45) is -0.672. The minimum Gasteiger partial charge on any atom is -0.374 e. The molecule has 0 saturated carbocycles. The van der Waals surface area contributed by atoms with Crippen molar-refractivity contribution in [1.82, 2.24) is 19.3 Å². The third kappa shape index (κ3) is 3.70. The van der Waals surface area contributed by atoms with Crippen LogP contribution in [0.4, 0.5) is 18.9 Å². The molecule has 3 aromatic rings. The van der Waals surface area contributed by atoms with Crippen molar-refractivity contribution in [3.63, 3.8) is 0 Å². The predicted octanol–water partition coefficient (Wildman–Crippen LogP) is 2.38. The quantitative estimate of drug-likeness (QED) is 0.713. The Bertz CT molecular complexity index is 936. The highest BCUT2D eigenvalue weighted by Crippen LogP contribution is 2.40. The van der Waals surface area contributed by atoms with E-state index >= 15 is 0 Å². The van der Waals surface area contributed by atoms with Gasteiger partial charge >= 0.3 is 6.18 Å². The monoisotopic (exact) mass is 379 g/mol. The first-order chi connectivity index (χ1) is 12.7. The van der Waals surface area contributed by atoms with E-state index in [1.807, 2.05) is 0 Å². The molecule has 0 spiro atoms. The topological polar surface area (TPSA) is 85.0 Å². The summed E-state index contributed by atoms with van der Waals surface area (Å²) in [6.45, 7) is 0. The van der Waals surface area contributed by atoms with Gasteiger partial charge in [0.25, 0.3) is 0 Å². The van der Waals surface area contributed by atoms with Gasteiger partial charge in [-0.25, -0.2) is 9.67 Å². The van der Waals surface area contributed by atoms with Crippen molar-refractivity contribution in [2.75, 3.05) is 5.32 Å². The van der Waals surface area contributed by atoms with Gasteiger partial charge < -0.3 is 15.0 Å². The molecule has 3 rings (SSSR count). The number of hydrogen-bond donors (Lipinski definition) is 2. The van der Waals surface area contributed by atoms with Gasteiger partial charge in [0, 0.05) is 37.5 Å². The van der Waals surface area contributed by atoms with Gasteiger partial charge in [0.15, 0.2) is 5.82 Å². The first kappa shape index (κ1) is 18.6. The van der Waals surface area contributed by atoms with Gasteiger partial charge in [-0.2, -0.15) is 18.3 Å². The smallest absolute Gasteiger partial charge is 0.374 e. The molecule has 10 heteroatoms. The second-order valence-corrected chi connectivity index (χ2v) is 5.95. The third-order valence-electron chi connectivity index (χ3n) is 3.98. The molecule has 1 aromatic carbocycles. The van der Waals surface area contributed by atoms with E-state index in [0.29, 0.717) is 5.69 Å². The van der Waals surface area contributed by atoms with Crippen molar-refractivity contribution in [3.8, 4) is 5.69 Å². The van der Waals surface area contributed by atoms with Gasteiger partial charge in [-0.3, -0.25) is 4.79 Å². The summed E-state index contributed by atoms with van der Waals surface area (Å²) in [7, 11) is 1.31. The molecule has 1 atom stereocenters. The van der Waals surface area contributed by atoms with Crippen LogP contribution in [0.25, 0.3) is 5.69 Å². The number of aromatic nitrogens is 4.